The predicted molar refractivity (Wildman–Crippen MR) is 132 cm³/mol. The van der Waals surface area contributed by atoms with Crippen molar-refractivity contribution < 1.29 is 18.8 Å². The molecule has 0 unspecified atom stereocenters. The van der Waals surface area contributed by atoms with Gasteiger partial charge in [0.25, 0.3) is 5.89 Å². The largest absolute Gasteiger partial charge is 0.381 e. The van der Waals surface area contributed by atoms with E-state index in [4.69, 9.17) is 9.26 Å². The average Bonchev–Trinajstić information content (AvgIpc) is 3.35. The summed E-state index contributed by atoms with van der Waals surface area (Å²) in [7, 11) is 2.06. The van der Waals surface area contributed by atoms with Crippen molar-refractivity contribution in [3.8, 4) is 11.4 Å². The molecule has 7 heteroatoms. The molecule has 2 aliphatic rings. The van der Waals surface area contributed by atoms with Crippen molar-refractivity contribution in [2.45, 2.75) is 50.8 Å². The Labute approximate surface area is 206 Å². The van der Waals surface area contributed by atoms with Crippen LogP contribution in [-0.4, -0.2) is 53.5 Å². The second-order valence-electron chi connectivity index (χ2n) is 10.8. The van der Waals surface area contributed by atoms with Crippen LogP contribution in [0.3, 0.4) is 0 Å². The number of likely N-dealkylation sites (tertiary alicyclic amines) is 1. The van der Waals surface area contributed by atoms with Gasteiger partial charge in [-0.3, -0.25) is 0 Å². The number of aromatic nitrogens is 2. The predicted octanol–water partition coefficient (Wildman–Crippen LogP) is 5.02. The molecule has 186 valence electrons. The molecule has 5 rings (SSSR count). The van der Waals surface area contributed by atoms with Crippen molar-refractivity contribution in [3.05, 3.63) is 71.1 Å². The summed E-state index contributed by atoms with van der Waals surface area (Å²) in [6.45, 7) is 8.64. The molecule has 2 saturated heterocycles. The smallest absolute Gasteiger partial charge is 0.264 e. The minimum Gasteiger partial charge on any atom is -0.381 e. The molecule has 3 heterocycles. The molecule has 6 nitrogen and oxygen atoms in total. The second kappa shape index (κ2) is 8.80. The van der Waals surface area contributed by atoms with Crippen LogP contribution in [0.1, 0.15) is 62.1 Å². The van der Waals surface area contributed by atoms with Crippen molar-refractivity contribution in [2.75, 3.05) is 33.4 Å². The lowest BCUT2D eigenvalue weighted by Crippen LogP contribution is -2.63. The van der Waals surface area contributed by atoms with Gasteiger partial charge in [0.1, 0.15) is 5.60 Å². The molecule has 35 heavy (non-hydrogen) atoms. The fourth-order valence-electron chi connectivity index (χ4n) is 5.66. The number of ether oxygens (including phenoxy) is 1. The molecule has 0 saturated carbocycles. The first-order chi connectivity index (χ1) is 16.6. The molecule has 2 fully saturated rings. The van der Waals surface area contributed by atoms with E-state index in [0.29, 0.717) is 30.5 Å². The molecule has 1 N–H and O–H groups in total. The zero-order chi connectivity index (χ0) is 24.8. The number of hydrogen-bond donors (Lipinski definition) is 1. The van der Waals surface area contributed by atoms with Crippen LogP contribution in [0, 0.1) is 5.41 Å². The first kappa shape index (κ1) is 24.1. The lowest BCUT2D eigenvalue weighted by atomic mass is 9.62. The lowest BCUT2D eigenvalue weighted by Gasteiger charge is -2.56. The maximum absolute atomic E-state index is 15.3. The Morgan fingerprint density at radius 3 is 2.37 bits per heavy atom. The SMILES string of the molecule is CC(C)c1ccc([C@](O)(c2cccc(-c3noc(C4(F)CCOCC4)n3)c2)C2(C)CN(C)C2)cc1. The topological polar surface area (TPSA) is 71.6 Å². The summed E-state index contributed by atoms with van der Waals surface area (Å²) < 4.78 is 26.0. The van der Waals surface area contributed by atoms with E-state index in [0.717, 1.165) is 24.2 Å². The summed E-state index contributed by atoms with van der Waals surface area (Å²) in [5, 5.41) is 16.5. The Morgan fingerprint density at radius 1 is 1.06 bits per heavy atom. The zero-order valence-corrected chi connectivity index (χ0v) is 20.9. The molecule has 0 amide bonds. The van der Waals surface area contributed by atoms with Gasteiger partial charge in [-0.25, -0.2) is 4.39 Å². The molecular formula is C28H34FN3O3. The average molecular weight is 480 g/mol. The summed E-state index contributed by atoms with van der Waals surface area (Å²) in [6.07, 6.45) is 0.402. The standard InChI is InChI=1S/C28H34FN3O3/c1-19(2)20-8-10-22(11-9-20)28(33,26(3)17-32(4)18-26)23-7-5-6-21(16-23)24-30-25(35-31-24)27(29)12-14-34-15-13-27/h5-11,16,19,33H,12-15,17-18H2,1-4H3/t28-/m0/s1. The van der Waals surface area contributed by atoms with Gasteiger partial charge in [-0.2, -0.15) is 4.98 Å². The fourth-order valence-corrected chi connectivity index (χ4v) is 5.66. The normalized spacial score (nSPS) is 21.5. The van der Waals surface area contributed by atoms with Gasteiger partial charge in [0, 0.05) is 36.9 Å². The van der Waals surface area contributed by atoms with Crippen LogP contribution in [0.25, 0.3) is 11.4 Å². The van der Waals surface area contributed by atoms with Crippen molar-refractivity contribution in [1.29, 1.82) is 0 Å². The zero-order valence-electron chi connectivity index (χ0n) is 20.9. The fraction of sp³-hybridized carbons (Fsp3) is 0.500. The second-order valence-corrected chi connectivity index (χ2v) is 10.8. The Bertz CT molecular complexity index is 1180. The highest BCUT2D eigenvalue weighted by molar-refractivity contribution is 5.58. The molecule has 2 aliphatic heterocycles. The minimum atomic E-state index is -1.66. The molecule has 1 aromatic heterocycles. The third kappa shape index (κ3) is 4.09. The molecule has 0 radical (unpaired) electrons. The molecule has 0 spiro atoms. The van der Waals surface area contributed by atoms with E-state index >= 15 is 4.39 Å². The summed E-state index contributed by atoms with van der Waals surface area (Å²) >= 11 is 0. The van der Waals surface area contributed by atoms with Crippen molar-refractivity contribution in [2.24, 2.45) is 5.41 Å². The van der Waals surface area contributed by atoms with E-state index in [1.807, 2.05) is 36.4 Å². The van der Waals surface area contributed by atoms with Crippen LogP contribution in [0.2, 0.25) is 0 Å². The molecule has 2 aromatic carbocycles. The summed E-state index contributed by atoms with van der Waals surface area (Å²) in [4.78, 5) is 6.62. The van der Waals surface area contributed by atoms with Crippen LogP contribution in [0.4, 0.5) is 4.39 Å². The van der Waals surface area contributed by atoms with Gasteiger partial charge in [-0.05, 0) is 35.7 Å². The van der Waals surface area contributed by atoms with E-state index in [1.165, 1.54) is 5.56 Å². The first-order valence-electron chi connectivity index (χ1n) is 12.4. The van der Waals surface area contributed by atoms with Crippen LogP contribution < -0.4 is 0 Å². The molecule has 0 aliphatic carbocycles. The van der Waals surface area contributed by atoms with Gasteiger partial charge in [0.15, 0.2) is 5.67 Å². The number of nitrogens with zero attached hydrogens (tertiary/aromatic N) is 3. The van der Waals surface area contributed by atoms with Gasteiger partial charge in [0.05, 0.1) is 13.2 Å². The van der Waals surface area contributed by atoms with Crippen LogP contribution in [-0.2, 0) is 16.0 Å². The van der Waals surface area contributed by atoms with Gasteiger partial charge in [-0.15, -0.1) is 0 Å². The van der Waals surface area contributed by atoms with Crippen molar-refractivity contribution in [3.63, 3.8) is 0 Å². The Morgan fingerprint density at radius 2 is 1.74 bits per heavy atom. The number of aliphatic hydroxyl groups is 1. The molecule has 3 aromatic rings. The van der Waals surface area contributed by atoms with E-state index in [2.05, 4.69) is 55.0 Å². The van der Waals surface area contributed by atoms with Crippen molar-refractivity contribution >= 4 is 0 Å². The summed E-state index contributed by atoms with van der Waals surface area (Å²) in [5.74, 6) is 0.722. The maximum Gasteiger partial charge on any atom is 0.264 e. The van der Waals surface area contributed by atoms with Crippen molar-refractivity contribution in [1.82, 2.24) is 15.0 Å². The third-order valence-corrected chi connectivity index (χ3v) is 7.74. The number of rotatable bonds is 6. The highest BCUT2D eigenvalue weighted by Crippen LogP contribution is 2.50. The maximum atomic E-state index is 15.3. The molecule has 1 atom stereocenters. The third-order valence-electron chi connectivity index (χ3n) is 7.74. The van der Waals surface area contributed by atoms with Crippen LogP contribution >= 0.6 is 0 Å². The Kier molecular flexibility index (Phi) is 6.06. The number of benzene rings is 2. The number of hydrogen-bond acceptors (Lipinski definition) is 6. The highest BCUT2D eigenvalue weighted by Gasteiger charge is 2.55. The highest BCUT2D eigenvalue weighted by atomic mass is 19.1. The number of halogens is 1. The van der Waals surface area contributed by atoms with Gasteiger partial charge in [-0.1, -0.05) is 68.4 Å². The monoisotopic (exact) mass is 479 g/mol. The lowest BCUT2D eigenvalue weighted by molar-refractivity contribution is -0.127. The number of alkyl halides is 1. The summed E-state index contributed by atoms with van der Waals surface area (Å²) in [6, 6.07) is 15.9. The van der Waals surface area contributed by atoms with Gasteiger partial charge < -0.3 is 19.3 Å². The van der Waals surface area contributed by atoms with E-state index in [-0.39, 0.29) is 24.1 Å². The van der Waals surface area contributed by atoms with Crippen LogP contribution in [0.15, 0.2) is 53.1 Å². The van der Waals surface area contributed by atoms with Gasteiger partial charge in [0.2, 0.25) is 5.82 Å². The van der Waals surface area contributed by atoms with Gasteiger partial charge >= 0.3 is 0 Å². The molecular weight excluding hydrogens is 445 g/mol. The summed E-state index contributed by atoms with van der Waals surface area (Å²) in [5.41, 5.74) is 0.259. The Hall–Kier alpha value is -2.61. The van der Waals surface area contributed by atoms with E-state index < -0.39 is 11.3 Å². The molecule has 0 bridgehead atoms. The minimum absolute atomic E-state index is 0.00619. The van der Waals surface area contributed by atoms with E-state index in [9.17, 15) is 5.11 Å². The quantitative estimate of drug-likeness (QED) is 0.535. The van der Waals surface area contributed by atoms with Crippen LogP contribution in [0.5, 0.6) is 0 Å². The van der Waals surface area contributed by atoms with E-state index in [1.54, 1.807) is 0 Å². The first-order valence-corrected chi connectivity index (χ1v) is 12.4. The Balaban J connectivity index is 1.54.